The molecule has 3 atom stereocenters. The summed E-state index contributed by atoms with van der Waals surface area (Å²) in [4.78, 5) is 11.9. The van der Waals surface area contributed by atoms with Crippen molar-refractivity contribution >= 4 is 23.9 Å². The van der Waals surface area contributed by atoms with Crippen LogP contribution in [0.25, 0.3) is 10.8 Å². The highest BCUT2D eigenvalue weighted by Crippen LogP contribution is 2.39. The van der Waals surface area contributed by atoms with Gasteiger partial charge in [0.05, 0.1) is 0 Å². The first-order valence-corrected chi connectivity index (χ1v) is 8.81. The summed E-state index contributed by atoms with van der Waals surface area (Å²) in [5, 5.41) is 30.1. The number of carboxylic acid groups (broad SMARTS) is 1. The zero-order valence-corrected chi connectivity index (χ0v) is 14.2. The Morgan fingerprint density at radius 1 is 1.24 bits per heavy atom. The standard InChI is InChI=1S/C18H25BN2O4/c20-18(17(22)23)9-13(7-8-19(24)25)5-6-16(18)12-21-10-14-3-1-2-4-15(14)11-21/h1-4,10-11,13,16,24-25H,5-9,12,20H2,(H,22,23)/t13-,16-,18+/m0/s1. The topological polar surface area (TPSA) is 109 Å². The van der Waals surface area contributed by atoms with Crippen LogP contribution in [0, 0.1) is 11.8 Å². The fourth-order valence-electron chi connectivity index (χ4n) is 4.09. The van der Waals surface area contributed by atoms with Crippen molar-refractivity contribution in [2.24, 2.45) is 17.6 Å². The van der Waals surface area contributed by atoms with Gasteiger partial charge in [-0.25, -0.2) is 0 Å². The lowest BCUT2D eigenvalue weighted by molar-refractivity contribution is -0.148. The van der Waals surface area contributed by atoms with Crippen molar-refractivity contribution in [3.05, 3.63) is 36.7 Å². The van der Waals surface area contributed by atoms with Crippen molar-refractivity contribution in [2.75, 3.05) is 0 Å². The van der Waals surface area contributed by atoms with E-state index in [0.29, 0.717) is 19.4 Å². The molecule has 3 rings (SSSR count). The smallest absolute Gasteiger partial charge is 0.451 e. The highest BCUT2D eigenvalue weighted by Gasteiger charge is 2.46. The molecular weight excluding hydrogens is 319 g/mol. The van der Waals surface area contributed by atoms with E-state index < -0.39 is 18.6 Å². The second kappa shape index (κ2) is 7.19. The zero-order valence-electron chi connectivity index (χ0n) is 14.2. The zero-order chi connectivity index (χ0) is 18.0. The molecular formula is C18H25BN2O4. The van der Waals surface area contributed by atoms with Crippen LogP contribution in [0.1, 0.15) is 25.7 Å². The molecule has 1 fully saturated rings. The summed E-state index contributed by atoms with van der Waals surface area (Å²) in [6, 6.07) is 8.04. The summed E-state index contributed by atoms with van der Waals surface area (Å²) in [6.07, 6.45) is 6.88. The van der Waals surface area contributed by atoms with Gasteiger partial charge in [-0.1, -0.05) is 30.7 Å². The molecule has 0 spiro atoms. The number of nitrogens with zero attached hydrogens (tertiary/aromatic N) is 1. The number of carbonyl (C=O) groups is 1. The average Bonchev–Trinajstić information content (AvgIpc) is 2.97. The van der Waals surface area contributed by atoms with Crippen molar-refractivity contribution < 1.29 is 19.9 Å². The minimum Gasteiger partial charge on any atom is -0.480 e. The van der Waals surface area contributed by atoms with E-state index in [1.54, 1.807) is 0 Å². The number of hydrogen-bond donors (Lipinski definition) is 4. The van der Waals surface area contributed by atoms with Crippen molar-refractivity contribution in [2.45, 2.75) is 44.1 Å². The van der Waals surface area contributed by atoms with E-state index in [4.69, 9.17) is 15.8 Å². The number of aliphatic carboxylic acids is 1. The van der Waals surface area contributed by atoms with Gasteiger partial charge in [-0.05, 0) is 42.3 Å². The van der Waals surface area contributed by atoms with Crippen LogP contribution < -0.4 is 5.73 Å². The minimum absolute atomic E-state index is 0.114. The number of carboxylic acids is 1. The van der Waals surface area contributed by atoms with Crippen LogP contribution in [-0.4, -0.2) is 38.3 Å². The predicted octanol–water partition coefficient (Wildman–Crippen LogP) is 1.70. The van der Waals surface area contributed by atoms with E-state index >= 15 is 0 Å². The number of hydrogen-bond acceptors (Lipinski definition) is 4. The first-order chi connectivity index (χ1) is 11.9. The molecule has 0 amide bonds. The molecule has 1 heterocycles. The van der Waals surface area contributed by atoms with Crippen LogP contribution in [0.2, 0.25) is 6.32 Å². The second-order valence-corrected chi connectivity index (χ2v) is 7.33. The Morgan fingerprint density at radius 2 is 1.88 bits per heavy atom. The molecule has 0 bridgehead atoms. The molecule has 5 N–H and O–H groups in total. The van der Waals surface area contributed by atoms with Gasteiger partial charge in [0.15, 0.2) is 0 Å². The van der Waals surface area contributed by atoms with Crippen molar-refractivity contribution in [1.82, 2.24) is 4.57 Å². The number of aromatic nitrogens is 1. The first-order valence-electron chi connectivity index (χ1n) is 8.81. The summed E-state index contributed by atoms with van der Waals surface area (Å²) < 4.78 is 2.04. The Hall–Kier alpha value is -1.83. The third-order valence-corrected chi connectivity index (χ3v) is 5.55. The van der Waals surface area contributed by atoms with Gasteiger partial charge in [-0.15, -0.1) is 0 Å². The lowest BCUT2D eigenvalue weighted by Crippen LogP contribution is -2.58. The Labute approximate surface area is 147 Å². The normalized spacial score (nSPS) is 26.7. The Balaban J connectivity index is 1.74. The maximum atomic E-state index is 11.9. The van der Waals surface area contributed by atoms with E-state index in [1.165, 1.54) is 0 Å². The van der Waals surface area contributed by atoms with Gasteiger partial charge in [-0.3, -0.25) is 4.79 Å². The van der Waals surface area contributed by atoms with Gasteiger partial charge in [0.25, 0.3) is 0 Å². The molecule has 1 aliphatic rings. The Bertz CT molecular complexity index is 715. The quantitative estimate of drug-likeness (QED) is 0.597. The summed E-state index contributed by atoms with van der Waals surface area (Å²) >= 11 is 0. The fourth-order valence-corrected chi connectivity index (χ4v) is 4.09. The highest BCUT2D eigenvalue weighted by atomic mass is 16.4. The summed E-state index contributed by atoms with van der Waals surface area (Å²) in [6.45, 7) is 0.576. The molecule has 25 heavy (non-hydrogen) atoms. The molecule has 0 unspecified atom stereocenters. The highest BCUT2D eigenvalue weighted by molar-refractivity contribution is 6.40. The van der Waals surface area contributed by atoms with Crippen LogP contribution >= 0.6 is 0 Å². The van der Waals surface area contributed by atoms with Gasteiger partial charge in [0.1, 0.15) is 5.54 Å². The SMILES string of the molecule is N[C@]1(C(=O)O)C[C@H](CCB(O)O)CC[C@H]1Cn1cc2ccccc2c1. The minimum atomic E-state index is -1.35. The maximum Gasteiger partial charge on any atom is 0.451 e. The number of benzene rings is 1. The first kappa shape index (κ1) is 18.0. The fraction of sp³-hybridized carbons (Fsp3) is 0.500. The van der Waals surface area contributed by atoms with Crippen molar-refractivity contribution in [3.63, 3.8) is 0 Å². The van der Waals surface area contributed by atoms with Crippen LogP contribution in [-0.2, 0) is 11.3 Å². The third kappa shape index (κ3) is 3.89. The lowest BCUT2D eigenvalue weighted by Gasteiger charge is -2.41. The van der Waals surface area contributed by atoms with Crippen LogP contribution in [0.15, 0.2) is 36.7 Å². The molecule has 0 saturated heterocycles. The van der Waals surface area contributed by atoms with Gasteiger partial charge in [0.2, 0.25) is 0 Å². The second-order valence-electron chi connectivity index (χ2n) is 7.33. The largest absolute Gasteiger partial charge is 0.480 e. The van der Waals surface area contributed by atoms with Gasteiger partial charge in [-0.2, -0.15) is 0 Å². The molecule has 134 valence electrons. The van der Waals surface area contributed by atoms with Crippen LogP contribution in [0.3, 0.4) is 0 Å². The van der Waals surface area contributed by atoms with E-state index in [-0.39, 0.29) is 18.2 Å². The van der Waals surface area contributed by atoms with Crippen LogP contribution in [0.5, 0.6) is 0 Å². The van der Waals surface area contributed by atoms with E-state index in [9.17, 15) is 9.90 Å². The Kier molecular flexibility index (Phi) is 5.17. The molecule has 2 aromatic rings. The van der Waals surface area contributed by atoms with E-state index in [1.807, 2.05) is 41.2 Å². The summed E-state index contributed by atoms with van der Waals surface area (Å²) in [7, 11) is -1.35. The summed E-state index contributed by atoms with van der Waals surface area (Å²) in [5.74, 6) is -1.01. The van der Waals surface area contributed by atoms with Gasteiger partial charge in [0, 0.05) is 24.9 Å². The molecule has 1 aliphatic carbocycles. The molecule has 1 saturated carbocycles. The predicted molar refractivity (Wildman–Crippen MR) is 96.9 cm³/mol. The van der Waals surface area contributed by atoms with Gasteiger partial charge >= 0.3 is 13.1 Å². The molecule has 7 heteroatoms. The van der Waals surface area contributed by atoms with Crippen molar-refractivity contribution in [1.29, 1.82) is 0 Å². The maximum absolute atomic E-state index is 11.9. The molecule has 0 aliphatic heterocycles. The molecule has 1 aromatic heterocycles. The number of fused-ring (bicyclic) bond motifs is 1. The average molecular weight is 344 g/mol. The third-order valence-electron chi connectivity index (χ3n) is 5.55. The lowest BCUT2D eigenvalue weighted by atomic mass is 9.66. The monoisotopic (exact) mass is 344 g/mol. The summed E-state index contributed by atoms with van der Waals surface area (Å²) in [5.41, 5.74) is 5.07. The van der Waals surface area contributed by atoms with Crippen LogP contribution in [0.4, 0.5) is 0 Å². The number of nitrogens with two attached hydrogens (primary N) is 1. The van der Waals surface area contributed by atoms with Gasteiger partial charge < -0.3 is 25.5 Å². The molecule has 0 radical (unpaired) electrons. The van der Waals surface area contributed by atoms with Crippen molar-refractivity contribution in [3.8, 4) is 0 Å². The Morgan fingerprint density at radius 3 is 2.44 bits per heavy atom. The van der Waals surface area contributed by atoms with E-state index in [2.05, 4.69) is 0 Å². The van der Waals surface area contributed by atoms with E-state index in [0.717, 1.165) is 23.6 Å². The molecule has 6 nitrogen and oxygen atoms in total. The number of rotatable bonds is 6. The molecule has 1 aromatic carbocycles.